The molecule has 4 aromatic rings. The summed E-state index contributed by atoms with van der Waals surface area (Å²) < 4.78 is 2.05. The van der Waals surface area contributed by atoms with E-state index in [-0.39, 0.29) is 17.8 Å². The Kier molecular flexibility index (Phi) is 5.37. The van der Waals surface area contributed by atoms with Crippen LogP contribution in [0.3, 0.4) is 0 Å². The normalized spacial score (nSPS) is 16.3. The molecule has 0 aliphatic carbocycles. The Morgan fingerprint density at radius 3 is 2.75 bits per heavy atom. The molecule has 0 spiro atoms. The molecule has 0 saturated carbocycles. The number of benzene rings is 3. The highest BCUT2D eigenvalue weighted by atomic mass is 16.2. The smallest absolute Gasteiger partial charge is 0.268 e. The molecule has 6 heteroatoms. The number of amides is 1. The van der Waals surface area contributed by atoms with Crippen molar-refractivity contribution in [3.8, 4) is 0 Å². The lowest BCUT2D eigenvalue weighted by Crippen LogP contribution is -2.46. The zero-order chi connectivity index (χ0) is 22.1. The number of hydrogen-bond acceptors (Lipinski definition) is 3. The van der Waals surface area contributed by atoms with Crippen LogP contribution >= 0.6 is 0 Å². The van der Waals surface area contributed by atoms with Crippen molar-refractivity contribution in [1.82, 2.24) is 15.2 Å². The van der Waals surface area contributed by atoms with Crippen molar-refractivity contribution in [3.05, 3.63) is 83.6 Å². The van der Waals surface area contributed by atoms with Gasteiger partial charge in [-0.05, 0) is 47.9 Å². The van der Waals surface area contributed by atoms with Gasteiger partial charge >= 0.3 is 0 Å². The summed E-state index contributed by atoms with van der Waals surface area (Å²) in [5, 5.41) is 17.7. The summed E-state index contributed by atoms with van der Waals surface area (Å²) in [6.07, 6.45) is 2.04. The second kappa shape index (κ2) is 8.48. The van der Waals surface area contributed by atoms with Gasteiger partial charge in [-0.15, -0.1) is 0 Å². The van der Waals surface area contributed by atoms with Gasteiger partial charge in [0.15, 0.2) is 0 Å². The van der Waals surface area contributed by atoms with Crippen molar-refractivity contribution in [1.29, 1.82) is 5.41 Å². The van der Waals surface area contributed by atoms with E-state index in [1.165, 1.54) is 10.8 Å². The lowest BCUT2D eigenvalue weighted by Gasteiger charge is -2.24. The molecule has 1 saturated heterocycles. The van der Waals surface area contributed by atoms with E-state index in [9.17, 15) is 4.79 Å². The highest BCUT2D eigenvalue weighted by molar-refractivity contribution is 6.02. The van der Waals surface area contributed by atoms with Gasteiger partial charge in [0.05, 0.1) is 0 Å². The summed E-state index contributed by atoms with van der Waals surface area (Å²) in [4.78, 5) is 13.3. The molecule has 1 amide bonds. The Morgan fingerprint density at radius 1 is 1.09 bits per heavy atom. The summed E-state index contributed by atoms with van der Waals surface area (Å²) in [6, 6.07) is 22.3. The highest BCUT2D eigenvalue weighted by Crippen LogP contribution is 2.26. The van der Waals surface area contributed by atoms with E-state index in [0.29, 0.717) is 17.8 Å². The first kappa shape index (κ1) is 20.3. The fourth-order valence-corrected chi connectivity index (χ4v) is 4.62. The van der Waals surface area contributed by atoms with Crippen LogP contribution in [0.4, 0.5) is 0 Å². The number of fused-ring (bicyclic) bond motifs is 2. The monoisotopic (exact) mass is 425 g/mol. The van der Waals surface area contributed by atoms with Gasteiger partial charge in [-0.25, -0.2) is 0 Å². The van der Waals surface area contributed by atoms with Crippen LogP contribution in [-0.4, -0.2) is 35.4 Å². The number of nitrogens with zero attached hydrogens (tertiary/aromatic N) is 1. The van der Waals surface area contributed by atoms with Gasteiger partial charge < -0.3 is 20.9 Å². The Balaban J connectivity index is 1.60. The van der Waals surface area contributed by atoms with E-state index in [0.717, 1.165) is 42.4 Å². The Morgan fingerprint density at radius 2 is 1.94 bits per heavy atom. The first-order valence-corrected chi connectivity index (χ1v) is 11.1. The Hall–Kier alpha value is -3.64. The maximum absolute atomic E-state index is 13.3. The number of aromatic nitrogens is 1. The number of hydrogen-bond donors (Lipinski definition) is 4. The van der Waals surface area contributed by atoms with E-state index >= 15 is 0 Å². The number of carbonyl (C=O) groups is 1. The largest absolute Gasteiger partial charge is 0.384 e. The third-order valence-electron chi connectivity index (χ3n) is 6.29. The first-order valence-electron chi connectivity index (χ1n) is 11.1. The third kappa shape index (κ3) is 3.85. The van der Waals surface area contributed by atoms with Crippen molar-refractivity contribution < 1.29 is 4.79 Å². The highest BCUT2D eigenvalue weighted by Gasteiger charge is 2.21. The van der Waals surface area contributed by atoms with Crippen LogP contribution in [0.25, 0.3) is 21.7 Å². The van der Waals surface area contributed by atoms with Gasteiger partial charge in [-0.2, -0.15) is 0 Å². The van der Waals surface area contributed by atoms with Crippen LogP contribution in [0.5, 0.6) is 0 Å². The van der Waals surface area contributed by atoms with Gasteiger partial charge in [0.2, 0.25) is 0 Å². The predicted octanol–water partition coefficient (Wildman–Crippen LogP) is 3.61. The van der Waals surface area contributed by atoms with Crippen LogP contribution < -0.4 is 16.4 Å². The number of nitrogen functional groups attached to an aromatic ring is 1. The van der Waals surface area contributed by atoms with Crippen molar-refractivity contribution in [3.63, 3.8) is 0 Å². The van der Waals surface area contributed by atoms with Gasteiger partial charge in [0.25, 0.3) is 5.91 Å². The van der Waals surface area contributed by atoms with Crippen LogP contribution in [-0.2, 0) is 6.54 Å². The van der Waals surface area contributed by atoms with Crippen molar-refractivity contribution in [2.75, 3.05) is 13.1 Å². The molecule has 2 heterocycles. The fraction of sp³-hybridized carbons (Fsp3) is 0.231. The van der Waals surface area contributed by atoms with E-state index in [1.54, 1.807) is 0 Å². The van der Waals surface area contributed by atoms with E-state index in [1.807, 2.05) is 36.4 Å². The second-order valence-corrected chi connectivity index (χ2v) is 8.46. The van der Waals surface area contributed by atoms with E-state index in [4.69, 9.17) is 11.1 Å². The molecule has 32 heavy (non-hydrogen) atoms. The van der Waals surface area contributed by atoms with Crippen molar-refractivity contribution >= 4 is 33.4 Å². The molecule has 1 unspecified atom stereocenters. The summed E-state index contributed by atoms with van der Waals surface area (Å²) in [5.41, 5.74) is 9.08. The molecule has 0 radical (unpaired) electrons. The lowest BCUT2D eigenvalue weighted by atomic mass is 10.0. The number of nitrogens with one attached hydrogen (secondary N) is 3. The topological polar surface area (TPSA) is 95.9 Å². The molecule has 5 N–H and O–H groups in total. The fourth-order valence-electron chi connectivity index (χ4n) is 4.62. The van der Waals surface area contributed by atoms with Crippen molar-refractivity contribution in [2.24, 2.45) is 5.73 Å². The standard InChI is InChI=1S/C26H27N5O/c27-25(28)19-11-10-18-13-24(26(32)30-21-8-4-12-29-15-21)31(23(18)14-19)16-20-7-3-6-17-5-1-2-9-22(17)20/h1-3,5-7,9-11,13-14,21,29H,4,8,12,15-16H2,(H3,27,28)(H,30,32). The number of piperidine rings is 1. The molecule has 6 nitrogen and oxygen atoms in total. The molecular weight excluding hydrogens is 398 g/mol. The quantitative estimate of drug-likeness (QED) is 0.291. The average Bonchev–Trinajstić information content (AvgIpc) is 3.18. The molecule has 1 aromatic heterocycles. The molecule has 1 aliphatic rings. The van der Waals surface area contributed by atoms with Gasteiger partial charge in [-0.1, -0.05) is 54.6 Å². The molecular formula is C26H27N5O. The minimum Gasteiger partial charge on any atom is -0.384 e. The summed E-state index contributed by atoms with van der Waals surface area (Å²) in [5.74, 6) is -0.0522. The van der Waals surface area contributed by atoms with Crippen LogP contribution in [0.1, 0.15) is 34.5 Å². The maximum atomic E-state index is 13.3. The minimum absolute atomic E-state index is 0.0177. The second-order valence-electron chi connectivity index (χ2n) is 8.46. The van der Waals surface area contributed by atoms with Crippen molar-refractivity contribution in [2.45, 2.75) is 25.4 Å². The molecule has 1 aliphatic heterocycles. The first-order chi connectivity index (χ1) is 15.6. The third-order valence-corrected chi connectivity index (χ3v) is 6.29. The van der Waals surface area contributed by atoms with Crippen LogP contribution in [0.15, 0.2) is 66.7 Å². The number of carbonyl (C=O) groups excluding carboxylic acids is 1. The molecule has 5 rings (SSSR count). The van der Waals surface area contributed by atoms with Gasteiger partial charge in [0, 0.05) is 35.6 Å². The molecule has 0 bridgehead atoms. The zero-order valence-corrected chi connectivity index (χ0v) is 17.9. The summed E-state index contributed by atoms with van der Waals surface area (Å²) in [7, 11) is 0. The Bertz CT molecular complexity index is 1310. The van der Waals surface area contributed by atoms with Gasteiger partial charge in [-0.3, -0.25) is 10.2 Å². The summed E-state index contributed by atoms with van der Waals surface area (Å²) >= 11 is 0. The zero-order valence-electron chi connectivity index (χ0n) is 17.9. The number of amidine groups is 1. The predicted molar refractivity (Wildman–Crippen MR) is 129 cm³/mol. The summed E-state index contributed by atoms with van der Waals surface area (Å²) in [6.45, 7) is 2.35. The molecule has 1 atom stereocenters. The van der Waals surface area contributed by atoms with E-state index < -0.39 is 0 Å². The molecule has 162 valence electrons. The SMILES string of the molecule is N=C(N)c1ccc2cc(C(=O)NC3CCCNC3)n(Cc3cccc4ccccc34)c2c1. The molecule has 1 fully saturated rings. The van der Waals surface area contributed by atoms with Gasteiger partial charge in [0.1, 0.15) is 11.5 Å². The maximum Gasteiger partial charge on any atom is 0.268 e. The van der Waals surface area contributed by atoms with Crippen LogP contribution in [0, 0.1) is 5.41 Å². The van der Waals surface area contributed by atoms with Crippen LogP contribution in [0.2, 0.25) is 0 Å². The van der Waals surface area contributed by atoms with E-state index in [2.05, 4.69) is 45.5 Å². The number of rotatable bonds is 5. The minimum atomic E-state index is -0.0699. The average molecular weight is 426 g/mol. The Labute approximate surface area is 186 Å². The molecule has 3 aromatic carbocycles. The number of nitrogens with two attached hydrogens (primary N) is 1. The lowest BCUT2D eigenvalue weighted by molar-refractivity contribution is 0.0922.